The van der Waals surface area contributed by atoms with Crippen molar-refractivity contribution in [3.63, 3.8) is 0 Å². The normalized spacial score (nSPS) is 10.3. The molecule has 0 aliphatic rings. The zero-order valence-electron chi connectivity index (χ0n) is 15.6. The Labute approximate surface area is 158 Å². The number of benzene rings is 2. The first-order valence-corrected chi connectivity index (χ1v) is 8.74. The molecule has 0 saturated carbocycles. The lowest BCUT2D eigenvalue weighted by Gasteiger charge is -2.13. The van der Waals surface area contributed by atoms with Gasteiger partial charge in [0.25, 0.3) is 5.91 Å². The van der Waals surface area contributed by atoms with Crippen LogP contribution in [0.15, 0.2) is 54.7 Å². The molecule has 0 fully saturated rings. The molecule has 1 amide bonds. The van der Waals surface area contributed by atoms with Gasteiger partial charge in [-0.25, -0.2) is 9.97 Å². The molecule has 1 aromatic heterocycles. The van der Waals surface area contributed by atoms with Crippen LogP contribution in [0.5, 0.6) is 5.75 Å². The summed E-state index contributed by atoms with van der Waals surface area (Å²) < 4.78 is 5.17. The van der Waals surface area contributed by atoms with Crippen LogP contribution in [0.4, 0.5) is 17.3 Å². The number of para-hydroxylation sites is 1. The lowest BCUT2D eigenvalue weighted by atomic mass is 10.1. The Balaban J connectivity index is 1.80. The summed E-state index contributed by atoms with van der Waals surface area (Å²) in [7, 11) is 1.58. The predicted octanol–water partition coefficient (Wildman–Crippen LogP) is 4.35. The van der Waals surface area contributed by atoms with Crippen molar-refractivity contribution in [3.8, 4) is 5.75 Å². The fourth-order valence-electron chi connectivity index (χ4n) is 2.76. The molecule has 0 spiro atoms. The van der Waals surface area contributed by atoms with E-state index in [2.05, 4.69) is 33.6 Å². The van der Waals surface area contributed by atoms with E-state index in [4.69, 9.17) is 4.74 Å². The van der Waals surface area contributed by atoms with Gasteiger partial charge in [-0.2, -0.15) is 0 Å². The SMILES string of the molecule is CCc1cccc(C)c1Nc1nccc(C(=O)Nc2cccc(OC)c2)n1. The number of nitrogens with zero attached hydrogens (tertiary/aromatic N) is 2. The molecular weight excluding hydrogens is 340 g/mol. The van der Waals surface area contributed by atoms with E-state index in [9.17, 15) is 4.79 Å². The van der Waals surface area contributed by atoms with E-state index in [0.29, 0.717) is 17.4 Å². The number of hydrogen-bond donors (Lipinski definition) is 2. The van der Waals surface area contributed by atoms with Crippen LogP contribution < -0.4 is 15.4 Å². The van der Waals surface area contributed by atoms with Gasteiger partial charge in [0.05, 0.1) is 7.11 Å². The summed E-state index contributed by atoms with van der Waals surface area (Å²) in [6, 6.07) is 14.9. The first-order chi connectivity index (χ1) is 13.1. The molecule has 2 aromatic carbocycles. The Hall–Kier alpha value is -3.41. The first kappa shape index (κ1) is 18.4. The van der Waals surface area contributed by atoms with E-state index < -0.39 is 0 Å². The van der Waals surface area contributed by atoms with Crippen molar-refractivity contribution in [2.24, 2.45) is 0 Å². The van der Waals surface area contributed by atoms with Crippen LogP contribution in [0.1, 0.15) is 28.5 Å². The molecule has 6 heteroatoms. The van der Waals surface area contributed by atoms with Gasteiger partial charge in [-0.1, -0.05) is 31.2 Å². The fraction of sp³-hybridized carbons (Fsp3) is 0.190. The van der Waals surface area contributed by atoms with Gasteiger partial charge in [0.2, 0.25) is 5.95 Å². The highest BCUT2D eigenvalue weighted by molar-refractivity contribution is 6.03. The van der Waals surface area contributed by atoms with Gasteiger partial charge in [0.15, 0.2) is 0 Å². The number of amides is 1. The number of carbonyl (C=O) groups excluding carboxylic acids is 1. The van der Waals surface area contributed by atoms with Gasteiger partial charge < -0.3 is 15.4 Å². The average Bonchev–Trinajstić information content (AvgIpc) is 2.70. The lowest BCUT2D eigenvalue weighted by Crippen LogP contribution is -2.15. The van der Waals surface area contributed by atoms with Crippen LogP contribution in [-0.4, -0.2) is 23.0 Å². The lowest BCUT2D eigenvalue weighted by molar-refractivity contribution is 0.102. The van der Waals surface area contributed by atoms with Gasteiger partial charge in [-0.15, -0.1) is 0 Å². The van der Waals surface area contributed by atoms with E-state index in [1.54, 1.807) is 31.5 Å². The first-order valence-electron chi connectivity index (χ1n) is 8.74. The number of carbonyl (C=O) groups is 1. The Morgan fingerprint density at radius 1 is 1.15 bits per heavy atom. The van der Waals surface area contributed by atoms with Crippen LogP contribution >= 0.6 is 0 Å². The van der Waals surface area contributed by atoms with Gasteiger partial charge in [-0.05, 0) is 42.7 Å². The highest BCUT2D eigenvalue weighted by atomic mass is 16.5. The van der Waals surface area contributed by atoms with Crippen LogP contribution in [0.25, 0.3) is 0 Å². The van der Waals surface area contributed by atoms with Crippen molar-refractivity contribution in [1.29, 1.82) is 0 Å². The summed E-state index contributed by atoms with van der Waals surface area (Å²) in [5, 5.41) is 6.07. The van der Waals surface area contributed by atoms with Crippen LogP contribution in [0.3, 0.4) is 0 Å². The second-order valence-electron chi connectivity index (χ2n) is 6.04. The number of hydrogen-bond acceptors (Lipinski definition) is 5. The Morgan fingerprint density at radius 2 is 1.96 bits per heavy atom. The molecule has 3 aromatic rings. The number of anilines is 3. The van der Waals surface area contributed by atoms with Gasteiger partial charge in [0.1, 0.15) is 11.4 Å². The van der Waals surface area contributed by atoms with E-state index in [-0.39, 0.29) is 11.6 Å². The second kappa shape index (κ2) is 8.31. The number of aryl methyl sites for hydroxylation is 2. The van der Waals surface area contributed by atoms with Crippen molar-refractivity contribution in [1.82, 2.24) is 9.97 Å². The zero-order valence-corrected chi connectivity index (χ0v) is 15.6. The molecule has 0 unspecified atom stereocenters. The molecule has 138 valence electrons. The van der Waals surface area contributed by atoms with Gasteiger partial charge in [-0.3, -0.25) is 4.79 Å². The minimum atomic E-state index is -0.311. The smallest absolute Gasteiger partial charge is 0.274 e. The number of ether oxygens (including phenoxy) is 1. The molecule has 0 saturated heterocycles. The maximum Gasteiger partial charge on any atom is 0.274 e. The van der Waals surface area contributed by atoms with E-state index in [1.165, 1.54) is 5.56 Å². The Bertz CT molecular complexity index is 956. The molecule has 1 heterocycles. The maximum atomic E-state index is 12.5. The summed E-state index contributed by atoms with van der Waals surface area (Å²) in [4.78, 5) is 21.1. The third-order valence-corrected chi connectivity index (χ3v) is 4.19. The number of nitrogens with one attached hydrogen (secondary N) is 2. The molecule has 0 aliphatic heterocycles. The van der Waals surface area contributed by atoms with Gasteiger partial charge >= 0.3 is 0 Å². The molecule has 0 atom stereocenters. The van der Waals surface area contributed by atoms with Crippen molar-refractivity contribution < 1.29 is 9.53 Å². The molecule has 3 rings (SSSR count). The Kier molecular flexibility index (Phi) is 5.66. The largest absolute Gasteiger partial charge is 0.497 e. The standard InChI is InChI=1S/C21H22N4O2/c1-4-15-8-5-7-14(2)19(15)25-21-22-12-11-18(24-21)20(26)23-16-9-6-10-17(13-16)27-3/h5-13H,4H2,1-3H3,(H,23,26)(H,22,24,25). The van der Waals surface area contributed by atoms with Crippen molar-refractivity contribution in [3.05, 3.63) is 71.5 Å². The summed E-state index contributed by atoms with van der Waals surface area (Å²) in [6.07, 6.45) is 2.46. The minimum absolute atomic E-state index is 0.280. The molecule has 2 N–H and O–H groups in total. The van der Waals surface area contributed by atoms with E-state index >= 15 is 0 Å². The predicted molar refractivity (Wildman–Crippen MR) is 107 cm³/mol. The van der Waals surface area contributed by atoms with Crippen LogP contribution in [-0.2, 0) is 6.42 Å². The monoisotopic (exact) mass is 362 g/mol. The second-order valence-corrected chi connectivity index (χ2v) is 6.04. The van der Waals surface area contributed by atoms with Crippen molar-refractivity contribution >= 4 is 23.2 Å². The quantitative estimate of drug-likeness (QED) is 0.682. The highest BCUT2D eigenvalue weighted by Gasteiger charge is 2.11. The number of aromatic nitrogens is 2. The molecule has 0 aliphatic carbocycles. The van der Waals surface area contributed by atoms with E-state index in [0.717, 1.165) is 17.7 Å². The summed E-state index contributed by atoms with van der Waals surface area (Å²) in [5.74, 6) is 0.746. The zero-order chi connectivity index (χ0) is 19.2. The number of methoxy groups -OCH3 is 1. The molecule has 0 radical (unpaired) electrons. The van der Waals surface area contributed by atoms with Crippen LogP contribution in [0, 0.1) is 6.92 Å². The number of rotatable bonds is 6. The Morgan fingerprint density at radius 3 is 2.74 bits per heavy atom. The fourth-order valence-corrected chi connectivity index (χ4v) is 2.76. The third kappa shape index (κ3) is 4.41. The van der Waals surface area contributed by atoms with E-state index in [1.807, 2.05) is 31.2 Å². The summed E-state index contributed by atoms with van der Waals surface area (Å²) in [6.45, 7) is 4.12. The summed E-state index contributed by atoms with van der Waals surface area (Å²) in [5.41, 5.74) is 4.17. The van der Waals surface area contributed by atoms with Crippen LogP contribution in [0.2, 0.25) is 0 Å². The summed E-state index contributed by atoms with van der Waals surface area (Å²) >= 11 is 0. The van der Waals surface area contributed by atoms with Crippen molar-refractivity contribution in [2.45, 2.75) is 20.3 Å². The molecule has 0 bridgehead atoms. The highest BCUT2D eigenvalue weighted by Crippen LogP contribution is 2.24. The molecule has 27 heavy (non-hydrogen) atoms. The molecule has 6 nitrogen and oxygen atoms in total. The van der Waals surface area contributed by atoms with Crippen molar-refractivity contribution in [2.75, 3.05) is 17.7 Å². The third-order valence-electron chi connectivity index (χ3n) is 4.19. The minimum Gasteiger partial charge on any atom is -0.497 e. The molecular formula is C21H22N4O2. The van der Waals surface area contributed by atoms with Gasteiger partial charge in [0, 0.05) is 23.6 Å². The maximum absolute atomic E-state index is 12.5. The average molecular weight is 362 g/mol. The topological polar surface area (TPSA) is 76.1 Å².